The lowest BCUT2D eigenvalue weighted by Crippen LogP contribution is -2.42. The summed E-state index contributed by atoms with van der Waals surface area (Å²) >= 11 is 0. The highest BCUT2D eigenvalue weighted by atomic mass is 16.4. The van der Waals surface area contributed by atoms with E-state index in [0.717, 1.165) is 25.7 Å². The van der Waals surface area contributed by atoms with E-state index >= 15 is 0 Å². The van der Waals surface area contributed by atoms with Crippen LogP contribution in [0, 0.1) is 5.92 Å². The molecule has 0 aromatic carbocycles. The Morgan fingerprint density at radius 3 is 2.90 bits per heavy atom. The minimum atomic E-state index is -0.945. The van der Waals surface area contributed by atoms with E-state index in [1.54, 1.807) is 0 Å². The van der Waals surface area contributed by atoms with Gasteiger partial charge in [-0.2, -0.15) is 0 Å². The number of hydrogen-bond acceptors (Lipinski definition) is 3. The van der Waals surface area contributed by atoms with Crippen molar-refractivity contribution in [2.75, 3.05) is 13.1 Å². The first kappa shape index (κ1) is 16.3. The van der Waals surface area contributed by atoms with Crippen LogP contribution in [0.25, 0.3) is 10.4 Å². The van der Waals surface area contributed by atoms with Gasteiger partial charge in [-0.05, 0) is 17.9 Å². The van der Waals surface area contributed by atoms with Crippen molar-refractivity contribution >= 4 is 11.9 Å². The number of azide groups is 1. The standard InChI is InChI=1S/C13H22N4O3/c1-2-3-4-5-6-11(13(19)20)17-9-10(7-12(17)18)8-15-16-14/h10-11H,2-9H2,1H3,(H,19,20). The van der Waals surface area contributed by atoms with Crippen LogP contribution in [0.15, 0.2) is 5.11 Å². The predicted octanol–water partition coefficient (Wildman–Crippen LogP) is 2.57. The lowest BCUT2D eigenvalue weighted by molar-refractivity contribution is -0.148. The maximum atomic E-state index is 11.9. The molecule has 0 aliphatic carbocycles. The number of likely N-dealkylation sites (tertiary alicyclic amines) is 1. The van der Waals surface area contributed by atoms with Crippen LogP contribution < -0.4 is 0 Å². The molecule has 0 saturated carbocycles. The van der Waals surface area contributed by atoms with Crippen LogP contribution in [-0.2, 0) is 9.59 Å². The summed E-state index contributed by atoms with van der Waals surface area (Å²) in [5.41, 5.74) is 8.29. The van der Waals surface area contributed by atoms with E-state index in [-0.39, 0.29) is 24.8 Å². The molecule has 0 aromatic rings. The summed E-state index contributed by atoms with van der Waals surface area (Å²) in [4.78, 5) is 27.4. The molecule has 112 valence electrons. The van der Waals surface area contributed by atoms with Gasteiger partial charge in [0.05, 0.1) is 0 Å². The smallest absolute Gasteiger partial charge is 0.326 e. The van der Waals surface area contributed by atoms with Crippen LogP contribution in [0.2, 0.25) is 0 Å². The van der Waals surface area contributed by atoms with Gasteiger partial charge in [0.2, 0.25) is 5.91 Å². The molecule has 1 N–H and O–H groups in total. The van der Waals surface area contributed by atoms with Crippen LogP contribution in [0.1, 0.15) is 45.4 Å². The fourth-order valence-electron chi connectivity index (χ4n) is 2.56. The van der Waals surface area contributed by atoms with E-state index in [1.165, 1.54) is 4.90 Å². The van der Waals surface area contributed by atoms with Gasteiger partial charge in [-0.15, -0.1) is 0 Å². The Morgan fingerprint density at radius 1 is 1.55 bits per heavy atom. The number of carboxylic acid groups (broad SMARTS) is 1. The van der Waals surface area contributed by atoms with Crippen molar-refractivity contribution in [3.05, 3.63) is 10.4 Å². The fraction of sp³-hybridized carbons (Fsp3) is 0.846. The van der Waals surface area contributed by atoms with Crippen molar-refractivity contribution in [3.8, 4) is 0 Å². The molecular weight excluding hydrogens is 260 g/mol. The minimum absolute atomic E-state index is 0.0594. The zero-order chi connectivity index (χ0) is 15.0. The summed E-state index contributed by atoms with van der Waals surface area (Å²) in [7, 11) is 0. The first-order chi connectivity index (χ1) is 9.60. The Morgan fingerprint density at radius 2 is 2.30 bits per heavy atom. The molecule has 1 heterocycles. The van der Waals surface area contributed by atoms with Gasteiger partial charge in [-0.3, -0.25) is 4.79 Å². The Balaban J connectivity index is 2.55. The third-order valence-corrected chi connectivity index (χ3v) is 3.63. The molecule has 20 heavy (non-hydrogen) atoms. The number of carbonyl (C=O) groups excluding carboxylic acids is 1. The van der Waals surface area contributed by atoms with Crippen LogP contribution in [0.3, 0.4) is 0 Å². The molecule has 2 atom stereocenters. The van der Waals surface area contributed by atoms with Gasteiger partial charge in [0.25, 0.3) is 0 Å². The van der Waals surface area contributed by atoms with E-state index in [9.17, 15) is 14.7 Å². The number of amides is 1. The maximum Gasteiger partial charge on any atom is 0.326 e. The summed E-state index contributed by atoms with van der Waals surface area (Å²) in [6, 6.07) is -0.740. The van der Waals surface area contributed by atoms with E-state index in [0.29, 0.717) is 13.0 Å². The highest BCUT2D eigenvalue weighted by Crippen LogP contribution is 2.23. The number of aliphatic carboxylic acids is 1. The molecule has 2 unspecified atom stereocenters. The molecule has 7 heteroatoms. The van der Waals surface area contributed by atoms with Crippen molar-refractivity contribution < 1.29 is 14.7 Å². The van der Waals surface area contributed by atoms with Gasteiger partial charge in [0.15, 0.2) is 0 Å². The zero-order valence-corrected chi connectivity index (χ0v) is 11.9. The fourth-order valence-corrected chi connectivity index (χ4v) is 2.56. The molecule has 1 saturated heterocycles. The molecule has 1 fully saturated rings. The van der Waals surface area contributed by atoms with Crippen molar-refractivity contribution in [3.63, 3.8) is 0 Å². The van der Waals surface area contributed by atoms with Gasteiger partial charge in [0, 0.05) is 24.4 Å². The highest BCUT2D eigenvalue weighted by Gasteiger charge is 2.36. The second kappa shape index (κ2) is 8.43. The number of nitrogens with zero attached hydrogens (tertiary/aromatic N) is 4. The Bertz CT molecular complexity index is 393. The topological polar surface area (TPSA) is 106 Å². The Kier molecular flexibility index (Phi) is 6.87. The van der Waals surface area contributed by atoms with Crippen LogP contribution in [0.5, 0.6) is 0 Å². The normalized spacial score (nSPS) is 19.8. The number of unbranched alkanes of at least 4 members (excludes halogenated alkanes) is 3. The van der Waals surface area contributed by atoms with Crippen molar-refractivity contribution in [2.24, 2.45) is 11.0 Å². The summed E-state index contributed by atoms with van der Waals surface area (Å²) in [5, 5.41) is 12.8. The summed E-state index contributed by atoms with van der Waals surface area (Å²) in [5.74, 6) is -1.15. The lowest BCUT2D eigenvalue weighted by atomic mass is 10.1. The molecule has 1 aliphatic rings. The van der Waals surface area contributed by atoms with Gasteiger partial charge in [-0.1, -0.05) is 37.7 Å². The second-order valence-electron chi connectivity index (χ2n) is 5.23. The average Bonchev–Trinajstić information content (AvgIpc) is 2.77. The first-order valence-corrected chi connectivity index (χ1v) is 7.13. The Labute approximate surface area is 118 Å². The van der Waals surface area contributed by atoms with Gasteiger partial charge in [-0.25, -0.2) is 4.79 Å². The van der Waals surface area contributed by atoms with Crippen molar-refractivity contribution in [2.45, 2.75) is 51.5 Å². The molecule has 0 bridgehead atoms. The number of carboxylic acids is 1. The summed E-state index contributed by atoms with van der Waals surface area (Å²) in [6.45, 7) is 2.72. The van der Waals surface area contributed by atoms with E-state index in [4.69, 9.17) is 5.53 Å². The largest absolute Gasteiger partial charge is 0.480 e. The molecule has 1 aliphatic heterocycles. The highest BCUT2D eigenvalue weighted by molar-refractivity contribution is 5.85. The Hall–Kier alpha value is -1.75. The first-order valence-electron chi connectivity index (χ1n) is 7.13. The van der Waals surface area contributed by atoms with Crippen LogP contribution >= 0.6 is 0 Å². The number of rotatable bonds is 9. The monoisotopic (exact) mass is 282 g/mol. The van der Waals surface area contributed by atoms with Gasteiger partial charge < -0.3 is 10.0 Å². The lowest BCUT2D eigenvalue weighted by Gasteiger charge is -2.24. The third-order valence-electron chi connectivity index (χ3n) is 3.63. The zero-order valence-electron chi connectivity index (χ0n) is 11.9. The minimum Gasteiger partial charge on any atom is -0.480 e. The third kappa shape index (κ3) is 4.74. The predicted molar refractivity (Wildman–Crippen MR) is 74.0 cm³/mol. The molecule has 0 spiro atoms. The van der Waals surface area contributed by atoms with Gasteiger partial charge >= 0.3 is 5.97 Å². The van der Waals surface area contributed by atoms with E-state index in [1.807, 2.05) is 0 Å². The maximum absolute atomic E-state index is 11.9. The molecule has 0 radical (unpaired) electrons. The quantitative estimate of drug-likeness (QED) is 0.304. The molecule has 1 amide bonds. The molecule has 7 nitrogen and oxygen atoms in total. The summed E-state index contributed by atoms with van der Waals surface area (Å²) < 4.78 is 0. The van der Waals surface area contributed by atoms with Crippen molar-refractivity contribution in [1.29, 1.82) is 0 Å². The van der Waals surface area contributed by atoms with Crippen molar-refractivity contribution in [1.82, 2.24) is 4.90 Å². The van der Waals surface area contributed by atoms with Crippen LogP contribution in [0.4, 0.5) is 0 Å². The SMILES string of the molecule is CCCCCCC(C(=O)O)N1CC(CN=[N+]=[N-])CC1=O. The molecular formula is C13H22N4O3. The number of carbonyl (C=O) groups is 2. The van der Waals surface area contributed by atoms with E-state index in [2.05, 4.69) is 16.9 Å². The summed E-state index contributed by atoms with van der Waals surface area (Å²) in [6.07, 6.45) is 4.75. The molecule has 1 rings (SSSR count). The second-order valence-corrected chi connectivity index (χ2v) is 5.23. The average molecular weight is 282 g/mol. The molecule has 0 aromatic heterocycles. The van der Waals surface area contributed by atoms with Gasteiger partial charge in [0.1, 0.15) is 6.04 Å². The van der Waals surface area contributed by atoms with Crippen LogP contribution in [-0.4, -0.2) is 41.0 Å². The van der Waals surface area contributed by atoms with E-state index < -0.39 is 12.0 Å². The number of hydrogen-bond donors (Lipinski definition) is 1.